The second-order valence-corrected chi connectivity index (χ2v) is 7.02. The van der Waals surface area contributed by atoms with Gasteiger partial charge in [0.15, 0.2) is 5.82 Å². The molecule has 142 valence electrons. The van der Waals surface area contributed by atoms with Crippen molar-refractivity contribution in [3.63, 3.8) is 0 Å². The molecule has 2 aromatic heterocycles. The Balaban J connectivity index is 1.78. The second kappa shape index (κ2) is 7.80. The zero-order valence-corrected chi connectivity index (χ0v) is 16.5. The van der Waals surface area contributed by atoms with E-state index in [1.54, 1.807) is 0 Å². The maximum atomic E-state index is 12.8. The van der Waals surface area contributed by atoms with Crippen molar-refractivity contribution in [2.75, 3.05) is 20.6 Å². The van der Waals surface area contributed by atoms with Crippen molar-refractivity contribution >= 4 is 5.91 Å². The van der Waals surface area contributed by atoms with E-state index in [1.165, 1.54) is 5.56 Å². The van der Waals surface area contributed by atoms with Crippen molar-refractivity contribution in [2.45, 2.75) is 26.8 Å². The first-order valence-electron chi connectivity index (χ1n) is 9.00. The Bertz CT molecular complexity index is 925. The van der Waals surface area contributed by atoms with Gasteiger partial charge in [-0.2, -0.15) is 0 Å². The predicted octanol–water partition coefficient (Wildman–Crippen LogP) is 3.42. The summed E-state index contributed by atoms with van der Waals surface area (Å²) in [6, 6.07) is 14.0. The first kappa shape index (κ1) is 18.9. The van der Waals surface area contributed by atoms with Crippen LogP contribution in [-0.4, -0.2) is 41.2 Å². The molecule has 6 nitrogen and oxygen atoms in total. The van der Waals surface area contributed by atoms with Gasteiger partial charge in [0, 0.05) is 24.0 Å². The Labute approximate surface area is 159 Å². The van der Waals surface area contributed by atoms with Gasteiger partial charge in [-0.15, -0.1) is 0 Å². The summed E-state index contributed by atoms with van der Waals surface area (Å²) in [5.41, 5.74) is 3.61. The standard InChI is InChI=1S/C21H26N4O2/c1-14-11-18(16(3)25(14)20-12-15(2)27-23-20)21(26)22-13-19(24(4)5)17-9-7-6-8-10-17/h6-12,19H,13H2,1-5H3,(H,22,26). The number of benzene rings is 1. The van der Waals surface area contributed by atoms with Crippen LogP contribution < -0.4 is 5.32 Å². The lowest BCUT2D eigenvalue weighted by Gasteiger charge is -2.25. The number of likely N-dealkylation sites (N-methyl/N-ethyl adjacent to an activating group) is 1. The Kier molecular flexibility index (Phi) is 5.46. The molecule has 0 saturated heterocycles. The van der Waals surface area contributed by atoms with E-state index in [0.717, 1.165) is 17.1 Å². The molecule has 2 heterocycles. The van der Waals surface area contributed by atoms with E-state index in [4.69, 9.17) is 4.52 Å². The van der Waals surface area contributed by atoms with Gasteiger partial charge in [0.2, 0.25) is 0 Å². The van der Waals surface area contributed by atoms with Gasteiger partial charge in [-0.3, -0.25) is 9.36 Å². The lowest BCUT2D eigenvalue weighted by molar-refractivity contribution is 0.0941. The summed E-state index contributed by atoms with van der Waals surface area (Å²) in [6.45, 7) is 6.26. The van der Waals surface area contributed by atoms with Gasteiger partial charge in [-0.05, 0) is 46.5 Å². The third kappa shape index (κ3) is 3.95. The van der Waals surface area contributed by atoms with Gasteiger partial charge < -0.3 is 14.7 Å². The molecular formula is C21H26N4O2. The summed E-state index contributed by atoms with van der Waals surface area (Å²) in [6.07, 6.45) is 0. The zero-order valence-electron chi connectivity index (χ0n) is 16.5. The number of nitrogens with one attached hydrogen (secondary N) is 1. The summed E-state index contributed by atoms with van der Waals surface area (Å²) in [4.78, 5) is 14.9. The minimum Gasteiger partial charge on any atom is -0.360 e. The third-order valence-corrected chi connectivity index (χ3v) is 4.78. The average Bonchev–Trinajstić information content (AvgIpc) is 3.18. The van der Waals surface area contributed by atoms with Crippen molar-refractivity contribution < 1.29 is 9.32 Å². The Hall–Kier alpha value is -2.86. The van der Waals surface area contributed by atoms with Crippen LogP contribution in [0.4, 0.5) is 0 Å². The molecule has 0 saturated carbocycles. The maximum absolute atomic E-state index is 12.8. The second-order valence-electron chi connectivity index (χ2n) is 7.02. The van der Waals surface area contributed by atoms with E-state index in [2.05, 4.69) is 27.5 Å². The zero-order chi connectivity index (χ0) is 19.6. The number of amides is 1. The van der Waals surface area contributed by atoms with Crippen LogP contribution in [0.3, 0.4) is 0 Å². The fourth-order valence-corrected chi connectivity index (χ4v) is 3.36. The molecule has 1 amide bonds. The number of aromatic nitrogens is 2. The van der Waals surface area contributed by atoms with E-state index >= 15 is 0 Å². The van der Waals surface area contributed by atoms with E-state index in [9.17, 15) is 4.79 Å². The Morgan fingerprint density at radius 2 is 1.89 bits per heavy atom. The van der Waals surface area contributed by atoms with Crippen LogP contribution in [0, 0.1) is 20.8 Å². The van der Waals surface area contributed by atoms with Crippen LogP contribution in [-0.2, 0) is 0 Å². The number of carbonyl (C=O) groups is 1. The van der Waals surface area contributed by atoms with Gasteiger partial charge in [0.25, 0.3) is 5.91 Å². The lowest BCUT2D eigenvalue weighted by Crippen LogP contribution is -2.34. The van der Waals surface area contributed by atoms with Crippen LogP contribution in [0.1, 0.15) is 39.1 Å². The molecule has 1 N–H and O–H groups in total. The molecule has 0 aliphatic carbocycles. The largest absolute Gasteiger partial charge is 0.360 e. The van der Waals surface area contributed by atoms with Gasteiger partial charge in [-0.25, -0.2) is 0 Å². The van der Waals surface area contributed by atoms with Crippen molar-refractivity contribution in [2.24, 2.45) is 0 Å². The maximum Gasteiger partial charge on any atom is 0.253 e. The van der Waals surface area contributed by atoms with Crippen LogP contribution >= 0.6 is 0 Å². The number of hydrogen-bond donors (Lipinski definition) is 1. The summed E-state index contributed by atoms with van der Waals surface area (Å²) in [5, 5.41) is 7.15. The molecule has 6 heteroatoms. The molecule has 0 radical (unpaired) electrons. The highest BCUT2D eigenvalue weighted by molar-refractivity contribution is 5.95. The molecule has 27 heavy (non-hydrogen) atoms. The van der Waals surface area contributed by atoms with E-state index < -0.39 is 0 Å². The molecular weight excluding hydrogens is 340 g/mol. The topological polar surface area (TPSA) is 63.3 Å². The van der Waals surface area contributed by atoms with E-state index in [0.29, 0.717) is 17.9 Å². The molecule has 1 aromatic carbocycles. The molecule has 1 atom stereocenters. The highest BCUT2D eigenvalue weighted by Gasteiger charge is 2.20. The summed E-state index contributed by atoms with van der Waals surface area (Å²) in [7, 11) is 4.03. The average molecular weight is 366 g/mol. The van der Waals surface area contributed by atoms with Crippen LogP contribution in [0.2, 0.25) is 0 Å². The minimum atomic E-state index is -0.0858. The summed E-state index contributed by atoms with van der Waals surface area (Å²) < 4.78 is 7.11. The number of rotatable bonds is 6. The van der Waals surface area contributed by atoms with E-state index in [-0.39, 0.29) is 11.9 Å². The molecule has 0 aliphatic heterocycles. The molecule has 0 aliphatic rings. The summed E-state index contributed by atoms with van der Waals surface area (Å²) >= 11 is 0. The highest BCUT2D eigenvalue weighted by Crippen LogP contribution is 2.21. The van der Waals surface area contributed by atoms with Crippen LogP contribution in [0.5, 0.6) is 0 Å². The monoisotopic (exact) mass is 366 g/mol. The van der Waals surface area contributed by atoms with Crippen molar-refractivity contribution in [1.82, 2.24) is 19.9 Å². The highest BCUT2D eigenvalue weighted by atomic mass is 16.5. The van der Waals surface area contributed by atoms with Crippen molar-refractivity contribution in [3.8, 4) is 5.82 Å². The SMILES string of the molecule is Cc1cc(-n2c(C)cc(C(=O)NCC(c3ccccc3)N(C)C)c2C)no1. The third-order valence-electron chi connectivity index (χ3n) is 4.78. The molecule has 0 spiro atoms. The molecule has 0 fully saturated rings. The Morgan fingerprint density at radius 3 is 2.48 bits per heavy atom. The number of nitrogens with zero attached hydrogens (tertiary/aromatic N) is 3. The summed E-state index contributed by atoms with van der Waals surface area (Å²) in [5.74, 6) is 1.34. The fourth-order valence-electron chi connectivity index (χ4n) is 3.36. The van der Waals surface area contributed by atoms with E-state index in [1.807, 2.05) is 69.8 Å². The molecule has 3 rings (SSSR count). The first-order chi connectivity index (χ1) is 12.9. The van der Waals surface area contributed by atoms with Gasteiger partial charge in [0.1, 0.15) is 5.76 Å². The van der Waals surface area contributed by atoms with Crippen molar-refractivity contribution in [1.29, 1.82) is 0 Å². The van der Waals surface area contributed by atoms with Crippen LogP contribution in [0.15, 0.2) is 47.0 Å². The number of aryl methyl sites for hydroxylation is 2. The quantitative estimate of drug-likeness (QED) is 0.726. The molecule has 0 bridgehead atoms. The van der Waals surface area contributed by atoms with Gasteiger partial charge in [0.05, 0.1) is 11.6 Å². The predicted molar refractivity (Wildman–Crippen MR) is 105 cm³/mol. The minimum absolute atomic E-state index is 0.0858. The Morgan fingerprint density at radius 1 is 1.19 bits per heavy atom. The normalized spacial score (nSPS) is 12.4. The molecule has 1 unspecified atom stereocenters. The van der Waals surface area contributed by atoms with Gasteiger partial charge in [-0.1, -0.05) is 35.5 Å². The number of hydrogen-bond acceptors (Lipinski definition) is 4. The van der Waals surface area contributed by atoms with Crippen LogP contribution in [0.25, 0.3) is 5.82 Å². The molecule has 3 aromatic rings. The smallest absolute Gasteiger partial charge is 0.253 e. The van der Waals surface area contributed by atoms with Crippen molar-refractivity contribution in [3.05, 3.63) is 70.7 Å². The first-order valence-corrected chi connectivity index (χ1v) is 9.00. The van der Waals surface area contributed by atoms with Gasteiger partial charge >= 0.3 is 0 Å². The number of carbonyl (C=O) groups excluding carboxylic acids is 1. The lowest BCUT2D eigenvalue weighted by atomic mass is 10.1. The fraction of sp³-hybridized carbons (Fsp3) is 0.333.